The summed E-state index contributed by atoms with van der Waals surface area (Å²) in [4.78, 5) is 21.2. The molecule has 2 aromatic carbocycles. The minimum absolute atomic E-state index is 0.211. The van der Waals surface area contributed by atoms with E-state index in [1.165, 1.54) is 11.1 Å². The zero-order valence-electron chi connectivity index (χ0n) is 17.8. The molecule has 4 aromatic rings. The number of hydrogen-bond acceptors (Lipinski definition) is 4. The monoisotopic (exact) mass is 414 g/mol. The predicted molar refractivity (Wildman–Crippen MR) is 121 cm³/mol. The molecule has 158 valence electrons. The molecule has 0 unspecified atom stereocenters. The van der Waals surface area contributed by atoms with Gasteiger partial charge in [0.25, 0.3) is 5.91 Å². The second-order valence-electron chi connectivity index (χ2n) is 7.59. The molecule has 1 amide bonds. The Morgan fingerprint density at radius 3 is 2.58 bits per heavy atom. The molecule has 0 saturated heterocycles. The fraction of sp³-hybridized carbons (Fsp3) is 0.240. The molecule has 0 bridgehead atoms. The topological polar surface area (TPSA) is 69.0 Å². The zero-order chi connectivity index (χ0) is 21.6. The molecule has 0 fully saturated rings. The van der Waals surface area contributed by atoms with Crippen molar-refractivity contribution in [2.24, 2.45) is 0 Å². The molecule has 0 radical (unpaired) electrons. The molecule has 2 heterocycles. The van der Waals surface area contributed by atoms with Gasteiger partial charge in [-0.3, -0.25) is 9.78 Å². The highest BCUT2D eigenvalue weighted by Crippen LogP contribution is 2.18. The van der Waals surface area contributed by atoms with E-state index in [0.717, 1.165) is 35.6 Å². The number of amides is 1. The van der Waals surface area contributed by atoms with Gasteiger partial charge in [-0.1, -0.05) is 24.3 Å². The average Bonchev–Trinajstić information content (AvgIpc) is 3.12. The van der Waals surface area contributed by atoms with Crippen molar-refractivity contribution in [2.45, 2.75) is 33.4 Å². The molecule has 0 atom stereocenters. The minimum atomic E-state index is -0.211. The second kappa shape index (κ2) is 9.43. The Hall–Kier alpha value is -3.67. The molecule has 6 heteroatoms. The van der Waals surface area contributed by atoms with Crippen LogP contribution in [0.1, 0.15) is 33.9 Å². The summed E-state index contributed by atoms with van der Waals surface area (Å²) in [6, 6.07) is 19.5. The summed E-state index contributed by atoms with van der Waals surface area (Å²) in [6.07, 6.45) is 2.44. The first-order chi connectivity index (χ1) is 15.1. The number of pyridine rings is 1. The minimum Gasteiger partial charge on any atom is -0.494 e. The molecule has 0 saturated carbocycles. The standard InChI is InChI=1S/C25H26N4O2/c1-18-14-19(2)16-20(15-18)31-13-7-12-29-23-10-4-3-8-21(23)28-24(29)17-27-25(30)22-9-5-6-11-26-22/h3-6,8-11,14-16H,7,12-13,17H2,1-2H3,(H,27,30). The Kier molecular flexibility index (Phi) is 6.26. The van der Waals surface area contributed by atoms with Crippen molar-refractivity contribution in [2.75, 3.05) is 6.61 Å². The Labute approximate surface area is 181 Å². The van der Waals surface area contributed by atoms with Gasteiger partial charge in [-0.2, -0.15) is 0 Å². The number of nitrogens with one attached hydrogen (secondary N) is 1. The van der Waals surface area contributed by atoms with Crippen LogP contribution in [0.4, 0.5) is 0 Å². The van der Waals surface area contributed by atoms with Crippen LogP contribution in [0.5, 0.6) is 5.75 Å². The Morgan fingerprint density at radius 1 is 1.03 bits per heavy atom. The Balaban J connectivity index is 1.43. The number of imidazole rings is 1. The van der Waals surface area contributed by atoms with Gasteiger partial charge in [0, 0.05) is 12.7 Å². The summed E-state index contributed by atoms with van der Waals surface area (Å²) >= 11 is 0. The summed E-state index contributed by atoms with van der Waals surface area (Å²) in [5.74, 6) is 1.50. The smallest absolute Gasteiger partial charge is 0.270 e. The van der Waals surface area contributed by atoms with E-state index in [1.807, 2.05) is 18.2 Å². The van der Waals surface area contributed by atoms with Crippen LogP contribution in [0.15, 0.2) is 66.9 Å². The highest BCUT2D eigenvalue weighted by Gasteiger charge is 2.13. The third-order valence-electron chi connectivity index (χ3n) is 5.03. The second-order valence-corrected chi connectivity index (χ2v) is 7.59. The number of benzene rings is 2. The number of hydrogen-bond donors (Lipinski definition) is 1. The maximum absolute atomic E-state index is 12.4. The quantitative estimate of drug-likeness (QED) is 0.433. The van der Waals surface area contributed by atoms with Gasteiger partial charge in [0.1, 0.15) is 17.3 Å². The molecule has 6 nitrogen and oxygen atoms in total. The molecule has 2 aromatic heterocycles. The van der Waals surface area contributed by atoms with Crippen molar-refractivity contribution in [3.63, 3.8) is 0 Å². The normalized spacial score (nSPS) is 10.9. The molecule has 0 aliphatic heterocycles. The van der Waals surface area contributed by atoms with E-state index < -0.39 is 0 Å². The van der Waals surface area contributed by atoms with Crippen LogP contribution in [-0.4, -0.2) is 27.0 Å². The van der Waals surface area contributed by atoms with Crippen LogP contribution >= 0.6 is 0 Å². The number of aryl methyl sites for hydroxylation is 3. The van der Waals surface area contributed by atoms with Gasteiger partial charge in [0.05, 0.1) is 24.2 Å². The fourth-order valence-electron chi connectivity index (χ4n) is 3.69. The number of fused-ring (bicyclic) bond motifs is 1. The number of rotatable bonds is 8. The van der Waals surface area contributed by atoms with Gasteiger partial charge < -0.3 is 14.6 Å². The van der Waals surface area contributed by atoms with E-state index in [4.69, 9.17) is 9.72 Å². The van der Waals surface area contributed by atoms with Crippen LogP contribution in [-0.2, 0) is 13.1 Å². The summed E-state index contributed by atoms with van der Waals surface area (Å²) in [7, 11) is 0. The third-order valence-corrected chi connectivity index (χ3v) is 5.03. The average molecular weight is 415 g/mol. The molecule has 0 spiro atoms. The van der Waals surface area contributed by atoms with E-state index in [2.05, 4.69) is 53.0 Å². The molecule has 31 heavy (non-hydrogen) atoms. The number of ether oxygens (including phenoxy) is 1. The fourth-order valence-corrected chi connectivity index (χ4v) is 3.69. The number of para-hydroxylation sites is 2. The number of carbonyl (C=O) groups is 1. The predicted octanol–water partition coefficient (Wildman–Crippen LogP) is 4.45. The van der Waals surface area contributed by atoms with E-state index in [0.29, 0.717) is 18.8 Å². The molecule has 0 aliphatic rings. The highest BCUT2D eigenvalue weighted by atomic mass is 16.5. The van der Waals surface area contributed by atoms with E-state index in [-0.39, 0.29) is 5.91 Å². The zero-order valence-corrected chi connectivity index (χ0v) is 17.8. The summed E-state index contributed by atoms with van der Waals surface area (Å²) in [5, 5.41) is 2.93. The summed E-state index contributed by atoms with van der Waals surface area (Å²) in [5.41, 5.74) is 4.76. The summed E-state index contributed by atoms with van der Waals surface area (Å²) < 4.78 is 8.11. The first kappa shape index (κ1) is 20.6. The van der Waals surface area contributed by atoms with Gasteiger partial charge in [-0.05, 0) is 67.8 Å². The number of aromatic nitrogens is 3. The molecule has 0 aliphatic carbocycles. The van der Waals surface area contributed by atoms with Gasteiger partial charge in [-0.15, -0.1) is 0 Å². The van der Waals surface area contributed by atoms with Crippen molar-refractivity contribution >= 4 is 16.9 Å². The summed E-state index contributed by atoms with van der Waals surface area (Å²) in [6.45, 7) is 5.84. The van der Waals surface area contributed by atoms with Crippen LogP contribution in [0, 0.1) is 13.8 Å². The lowest BCUT2D eigenvalue weighted by molar-refractivity contribution is 0.0944. The SMILES string of the molecule is Cc1cc(C)cc(OCCCn2c(CNC(=O)c3ccccn3)nc3ccccc32)c1. The van der Waals surface area contributed by atoms with Gasteiger partial charge in [0.15, 0.2) is 0 Å². The lowest BCUT2D eigenvalue weighted by atomic mass is 10.1. The lowest BCUT2D eigenvalue weighted by Crippen LogP contribution is -2.25. The molecule has 4 rings (SSSR count). The van der Waals surface area contributed by atoms with E-state index in [9.17, 15) is 4.79 Å². The van der Waals surface area contributed by atoms with Crippen molar-refractivity contribution in [3.05, 3.63) is 89.5 Å². The first-order valence-electron chi connectivity index (χ1n) is 10.4. The van der Waals surface area contributed by atoms with Crippen molar-refractivity contribution in [1.82, 2.24) is 19.9 Å². The maximum Gasteiger partial charge on any atom is 0.270 e. The van der Waals surface area contributed by atoms with Crippen molar-refractivity contribution in [1.29, 1.82) is 0 Å². The van der Waals surface area contributed by atoms with Crippen LogP contribution in [0.2, 0.25) is 0 Å². The molecule has 1 N–H and O–H groups in total. The maximum atomic E-state index is 12.4. The van der Waals surface area contributed by atoms with Crippen LogP contribution in [0.25, 0.3) is 11.0 Å². The van der Waals surface area contributed by atoms with Crippen LogP contribution < -0.4 is 10.1 Å². The third kappa shape index (κ3) is 5.09. The van der Waals surface area contributed by atoms with Crippen LogP contribution in [0.3, 0.4) is 0 Å². The molecular weight excluding hydrogens is 388 g/mol. The van der Waals surface area contributed by atoms with Gasteiger partial charge >= 0.3 is 0 Å². The van der Waals surface area contributed by atoms with Crippen molar-refractivity contribution in [3.8, 4) is 5.75 Å². The Bertz CT molecular complexity index is 1160. The Morgan fingerprint density at radius 2 is 1.81 bits per heavy atom. The highest BCUT2D eigenvalue weighted by molar-refractivity contribution is 5.92. The van der Waals surface area contributed by atoms with Gasteiger partial charge in [-0.25, -0.2) is 4.98 Å². The van der Waals surface area contributed by atoms with Gasteiger partial charge in [0.2, 0.25) is 0 Å². The van der Waals surface area contributed by atoms with E-state index >= 15 is 0 Å². The lowest BCUT2D eigenvalue weighted by Gasteiger charge is -2.12. The molecular formula is C25H26N4O2. The number of nitrogens with zero attached hydrogens (tertiary/aromatic N) is 3. The van der Waals surface area contributed by atoms with Crippen molar-refractivity contribution < 1.29 is 9.53 Å². The van der Waals surface area contributed by atoms with E-state index in [1.54, 1.807) is 24.4 Å². The first-order valence-corrected chi connectivity index (χ1v) is 10.4. The largest absolute Gasteiger partial charge is 0.494 e. The number of carbonyl (C=O) groups excluding carboxylic acids is 1.